The lowest BCUT2D eigenvalue weighted by molar-refractivity contribution is -0.146. The van der Waals surface area contributed by atoms with Crippen LogP contribution in [0.3, 0.4) is 0 Å². The Balaban J connectivity index is 1.41. The van der Waals surface area contributed by atoms with Crippen molar-refractivity contribution >= 4 is 11.8 Å². The minimum absolute atomic E-state index is 0.0131. The average Bonchev–Trinajstić information content (AvgIpc) is 2.68. The number of hydrogen-bond donors (Lipinski definition) is 2. The summed E-state index contributed by atoms with van der Waals surface area (Å²) < 4.78 is 11.7. The molecule has 4 atom stereocenters. The fourth-order valence-electron chi connectivity index (χ4n) is 4.94. The van der Waals surface area contributed by atoms with Gasteiger partial charge in [0.25, 0.3) is 5.91 Å². The highest BCUT2D eigenvalue weighted by molar-refractivity contribution is 5.98. The number of fused-ring (bicyclic) bond motifs is 3. The minimum Gasteiger partial charge on any atom is -0.467 e. The Bertz CT molecular complexity index is 722. The summed E-state index contributed by atoms with van der Waals surface area (Å²) in [6.45, 7) is 4.00. The molecule has 0 saturated heterocycles. The topological polar surface area (TPSA) is 76.7 Å². The van der Waals surface area contributed by atoms with E-state index in [9.17, 15) is 9.59 Å². The van der Waals surface area contributed by atoms with Crippen molar-refractivity contribution in [3.05, 3.63) is 29.8 Å². The smallest absolute Gasteiger partial charge is 0.258 e. The summed E-state index contributed by atoms with van der Waals surface area (Å²) in [5.74, 6) is 1.15. The van der Waals surface area contributed by atoms with Crippen molar-refractivity contribution < 1.29 is 19.1 Å². The molecule has 27 heavy (non-hydrogen) atoms. The van der Waals surface area contributed by atoms with E-state index >= 15 is 0 Å². The molecule has 1 aliphatic heterocycles. The van der Waals surface area contributed by atoms with Crippen molar-refractivity contribution in [2.75, 3.05) is 19.8 Å². The van der Waals surface area contributed by atoms with Crippen molar-refractivity contribution in [1.29, 1.82) is 0 Å². The van der Waals surface area contributed by atoms with E-state index in [0.717, 1.165) is 25.7 Å². The molecule has 6 nitrogen and oxygen atoms in total. The lowest BCUT2D eigenvalue weighted by Gasteiger charge is -2.55. The fraction of sp³-hybridized carbons (Fsp3) is 0.619. The van der Waals surface area contributed by atoms with E-state index < -0.39 is 5.72 Å². The summed E-state index contributed by atoms with van der Waals surface area (Å²) in [5.41, 5.74) is -0.0618. The Kier molecular flexibility index (Phi) is 5.08. The van der Waals surface area contributed by atoms with Crippen molar-refractivity contribution in [1.82, 2.24) is 10.6 Å². The number of hydrogen-bond acceptors (Lipinski definition) is 4. The van der Waals surface area contributed by atoms with Crippen LogP contribution in [-0.2, 0) is 9.53 Å². The summed E-state index contributed by atoms with van der Waals surface area (Å²) in [7, 11) is 0. The van der Waals surface area contributed by atoms with Crippen LogP contribution in [0.1, 0.15) is 49.4 Å². The highest BCUT2D eigenvalue weighted by Gasteiger charge is 2.57. The zero-order valence-electron chi connectivity index (χ0n) is 15.8. The van der Waals surface area contributed by atoms with Crippen LogP contribution < -0.4 is 15.4 Å². The van der Waals surface area contributed by atoms with Crippen molar-refractivity contribution in [2.24, 2.45) is 17.8 Å². The summed E-state index contributed by atoms with van der Waals surface area (Å²) >= 11 is 0. The van der Waals surface area contributed by atoms with E-state index in [4.69, 9.17) is 9.47 Å². The van der Waals surface area contributed by atoms with Crippen molar-refractivity contribution in [2.45, 2.75) is 44.8 Å². The van der Waals surface area contributed by atoms with Gasteiger partial charge in [-0.05, 0) is 50.7 Å². The maximum atomic E-state index is 12.7. The minimum atomic E-state index is -0.653. The molecule has 3 saturated carbocycles. The molecule has 0 unspecified atom stereocenters. The third-order valence-corrected chi connectivity index (χ3v) is 6.27. The molecule has 1 aromatic rings. The van der Waals surface area contributed by atoms with Gasteiger partial charge in [0, 0.05) is 38.0 Å². The molecule has 3 fully saturated rings. The van der Waals surface area contributed by atoms with E-state index in [1.807, 2.05) is 25.1 Å². The number of rotatable bonds is 6. The molecule has 5 rings (SSSR count). The summed E-state index contributed by atoms with van der Waals surface area (Å²) in [5, 5.41) is 6.20. The summed E-state index contributed by atoms with van der Waals surface area (Å²) in [4.78, 5) is 25.3. The highest BCUT2D eigenvalue weighted by Crippen LogP contribution is 2.52. The van der Waals surface area contributed by atoms with Gasteiger partial charge in [0.1, 0.15) is 5.75 Å². The average molecular weight is 372 g/mol. The van der Waals surface area contributed by atoms with Crippen LogP contribution in [0.4, 0.5) is 0 Å². The number of ether oxygens (including phenoxy) is 2. The van der Waals surface area contributed by atoms with Crippen LogP contribution in [0, 0.1) is 17.8 Å². The van der Waals surface area contributed by atoms with Gasteiger partial charge in [0.2, 0.25) is 5.91 Å². The van der Waals surface area contributed by atoms with Gasteiger partial charge in [-0.25, -0.2) is 0 Å². The zero-order valence-corrected chi connectivity index (χ0v) is 15.8. The molecule has 6 heteroatoms. The Morgan fingerprint density at radius 1 is 1.37 bits per heavy atom. The van der Waals surface area contributed by atoms with Gasteiger partial charge in [0.15, 0.2) is 5.72 Å². The first-order chi connectivity index (χ1) is 13.1. The quantitative estimate of drug-likeness (QED) is 0.752. The zero-order chi connectivity index (χ0) is 18.9. The Morgan fingerprint density at radius 2 is 2.22 bits per heavy atom. The van der Waals surface area contributed by atoms with Crippen LogP contribution in [0.2, 0.25) is 0 Å². The summed E-state index contributed by atoms with van der Waals surface area (Å²) in [6, 6.07) is 7.39. The standard InChI is InChI=1S/C21H28N2O4/c1-2-26-11-5-10-22-19(24)17-12-15-9-8-14(17)13-21(15)23-20(25)16-6-3-4-7-18(16)27-21/h3-4,6-7,14-15,17H,2,5,8-13H2,1H3,(H,22,24)(H,23,25)/t14-,15+,17+,21-/m0/s1. The Hall–Kier alpha value is -2.08. The molecule has 4 aliphatic rings. The van der Waals surface area contributed by atoms with Crippen LogP contribution in [0.15, 0.2) is 24.3 Å². The number of amides is 2. The molecular weight excluding hydrogens is 344 g/mol. The second kappa shape index (κ2) is 7.50. The third kappa shape index (κ3) is 3.43. The lowest BCUT2D eigenvalue weighted by atomic mass is 9.60. The second-order valence-electron chi connectivity index (χ2n) is 7.86. The molecule has 2 amide bonds. The molecule has 0 aromatic heterocycles. The number of carbonyl (C=O) groups excluding carboxylic acids is 2. The molecule has 1 aromatic carbocycles. The monoisotopic (exact) mass is 372 g/mol. The van der Waals surface area contributed by atoms with Crippen LogP contribution >= 0.6 is 0 Å². The van der Waals surface area contributed by atoms with E-state index in [-0.39, 0.29) is 29.6 Å². The molecular formula is C21H28N2O4. The lowest BCUT2D eigenvalue weighted by Crippen LogP contribution is -2.66. The molecule has 3 aliphatic carbocycles. The Morgan fingerprint density at radius 3 is 3.00 bits per heavy atom. The van der Waals surface area contributed by atoms with Gasteiger partial charge < -0.3 is 20.1 Å². The van der Waals surface area contributed by atoms with Gasteiger partial charge in [0.05, 0.1) is 5.56 Å². The van der Waals surface area contributed by atoms with Gasteiger partial charge in [-0.3, -0.25) is 9.59 Å². The van der Waals surface area contributed by atoms with Crippen LogP contribution in [0.25, 0.3) is 0 Å². The number of para-hydroxylation sites is 1. The fourth-order valence-corrected chi connectivity index (χ4v) is 4.94. The SMILES string of the molecule is CCOCCCNC(=O)[C@@H]1C[C@H]2CC[C@H]1C[C@@]21NC(=O)c2ccccc2O1. The molecule has 2 N–H and O–H groups in total. The second-order valence-corrected chi connectivity index (χ2v) is 7.86. The van der Waals surface area contributed by atoms with E-state index in [0.29, 0.717) is 37.5 Å². The van der Waals surface area contributed by atoms with Gasteiger partial charge in [-0.15, -0.1) is 0 Å². The number of benzene rings is 1. The molecule has 1 spiro atoms. The third-order valence-electron chi connectivity index (χ3n) is 6.27. The maximum Gasteiger partial charge on any atom is 0.258 e. The van der Waals surface area contributed by atoms with E-state index in [1.54, 1.807) is 6.07 Å². The van der Waals surface area contributed by atoms with Crippen LogP contribution in [-0.4, -0.2) is 37.3 Å². The number of carbonyl (C=O) groups is 2. The van der Waals surface area contributed by atoms with Crippen LogP contribution in [0.5, 0.6) is 5.75 Å². The molecule has 2 bridgehead atoms. The molecule has 146 valence electrons. The van der Waals surface area contributed by atoms with E-state index in [1.165, 1.54) is 0 Å². The molecule has 1 heterocycles. The van der Waals surface area contributed by atoms with E-state index in [2.05, 4.69) is 10.6 Å². The van der Waals surface area contributed by atoms with Gasteiger partial charge >= 0.3 is 0 Å². The largest absolute Gasteiger partial charge is 0.467 e. The van der Waals surface area contributed by atoms with Gasteiger partial charge in [-0.2, -0.15) is 0 Å². The predicted octanol–water partition coefficient (Wildman–Crippen LogP) is 2.48. The first-order valence-corrected chi connectivity index (χ1v) is 10.1. The van der Waals surface area contributed by atoms with Crippen molar-refractivity contribution in [3.63, 3.8) is 0 Å². The number of nitrogens with one attached hydrogen (secondary N) is 2. The predicted molar refractivity (Wildman–Crippen MR) is 100 cm³/mol. The highest BCUT2D eigenvalue weighted by atomic mass is 16.5. The Labute approximate surface area is 160 Å². The normalized spacial score (nSPS) is 31.1. The first kappa shape index (κ1) is 18.3. The van der Waals surface area contributed by atoms with Gasteiger partial charge in [-0.1, -0.05) is 12.1 Å². The summed E-state index contributed by atoms with van der Waals surface area (Å²) in [6.07, 6.45) is 4.31. The molecule has 0 radical (unpaired) electrons. The van der Waals surface area contributed by atoms with Crippen molar-refractivity contribution in [3.8, 4) is 5.75 Å². The maximum absolute atomic E-state index is 12.7. The first-order valence-electron chi connectivity index (χ1n) is 10.1.